The van der Waals surface area contributed by atoms with Crippen LogP contribution in [0.15, 0.2) is 23.8 Å². The van der Waals surface area contributed by atoms with Gasteiger partial charge in [0.2, 0.25) is 0 Å². The van der Waals surface area contributed by atoms with E-state index in [1.165, 1.54) is 19.9 Å². The number of Topliss-reactive ketones (excluding diaryl/α,β-unsaturated/α-hetero) is 1. The molecule has 0 saturated carbocycles. The summed E-state index contributed by atoms with van der Waals surface area (Å²) < 4.78 is 10.9. The molecule has 31 heavy (non-hydrogen) atoms. The van der Waals surface area contributed by atoms with Crippen LogP contribution in [0.2, 0.25) is 0 Å². The molecule has 0 aromatic heterocycles. The summed E-state index contributed by atoms with van der Waals surface area (Å²) in [4.78, 5) is 36.5. The molecule has 0 bridgehead atoms. The maximum absolute atomic E-state index is 13.1. The number of ether oxygens (including phenoxy) is 2. The number of carbonyl (C=O) groups excluding carboxylic acids is 3. The normalized spacial score (nSPS) is 33.7. The Balaban J connectivity index is 2.68. The van der Waals surface area contributed by atoms with Gasteiger partial charge in [0.1, 0.15) is 18.5 Å². The molecule has 2 rings (SSSR count). The van der Waals surface area contributed by atoms with Crippen LogP contribution < -0.4 is 0 Å². The van der Waals surface area contributed by atoms with Crippen molar-refractivity contribution in [2.24, 2.45) is 16.7 Å². The van der Waals surface area contributed by atoms with Crippen LogP contribution in [-0.4, -0.2) is 52.4 Å². The Morgan fingerprint density at radius 2 is 1.90 bits per heavy atom. The third-order valence-electron chi connectivity index (χ3n) is 7.31. The van der Waals surface area contributed by atoms with Crippen LogP contribution in [0, 0.1) is 16.7 Å². The van der Waals surface area contributed by atoms with Crippen molar-refractivity contribution in [3.05, 3.63) is 23.8 Å². The van der Waals surface area contributed by atoms with Crippen molar-refractivity contribution in [2.45, 2.75) is 85.0 Å². The van der Waals surface area contributed by atoms with E-state index in [0.717, 1.165) is 5.57 Å². The number of rotatable bonds is 7. The first-order valence-electron chi connectivity index (χ1n) is 10.8. The van der Waals surface area contributed by atoms with E-state index in [2.05, 4.69) is 6.58 Å². The Hall–Kier alpha value is -1.99. The van der Waals surface area contributed by atoms with Gasteiger partial charge in [0.25, 0.3) is 0 Å². The summed E-state index contributed by atoms with van der Waals surface area (Å²) >= 11 is 0. The fourth-order valence-corrected chi connectivity index (χ4v) is 5.15. The molecule has 0 fully saturated rings. The Kier molecular flexibility index (Phi) is 7.23. The predicted molar refractivity (Wildman–Crippen MR) is 115 cm³/mol. The van der Waals surface area contributed by atoms with Gasteiger partial charge in [-0.2, -0.15) is 0 Å². The van der Waals surface area contributed by atoms with E-state index in [1.807, 2.05) is 13.8 Å². The summed E-state index contributed by atoms with van der Waals surface area (Å²) in [6.45, 7) is 13.3. The van der Waals surface area contributed by atoms with Crippen molar-refractivity contribution < 1.29 is 34.1 Å². The van der Waals surface area contributed by atoms with E-state index in [0.29, 0.717) is 18.4 Å². The maximum atomic E-state index is 13.1. The van der Waals surface area contributed by atoms with Gasteiger partial charge in [-0.1, -0.05) is 25.5 Å². The highest BCUT2D eigenvalue weighted by Gasteiger charge is 2.56. The molecule has 0 spiro atoms. The van der Waals surface area contributed by atoms with Gasteiger partial charge in [-0.15, -0.1) is 6.58 Å². The number of carbonyl (C=O) groups is 3. The van der Waals surface area contributed by atoms with Gasteiger partial charge in [0.15, 0.2) is 0 Å². The lowest BCUT2D eigenvalue weighted by molar-refractivity contribution is -0.154. The van der Waals surface area contributed by atoms with Crippen LogP contribution in [0.4, 0.5) is 0 Å². The lowest BCUT2D eigenvalue weighted by Gasteiger charge is -2.53. The molecule has 0 saturated heterocycles. The second kappa shape index (κ2) is 8.87. The zero-order valence-electron chi connectivity index (χ0n) is 19.5. The Morgan fingerprint density at radius 3 is 2.42 bits per heavy atom. The average molecular weight is 437 g/mol. The molecule has 2 unspecified atom stereocenters. The average Bonchev–Trinajstić information content (AvgIpc) is 2.65. The molecule has 0 amide bonds. The molecule has 174 valence electrons. The molecule has 6 atom stereocenters. The van der Waals surface area contributed by atoms with Gasteiger partial charge in [0, 0.05) is 32.1 Å². The molecular formula is C24H36O7. The predicted octanol–water partition coefficient (Wildman–Crippen LogP) is 2.88. The molecule has 0 aromatic carbocycles. The highest BCUT2D eigenvalue weighted by molar-refractivity contribution is 5.90. The van der Waals surface area contributed by atoms with Crippen molar-refractivity contribution in [1.82, 2.24) is 0 Å². The van der Waals surface area contributed by atoms with Crippen LogP contribution in [0.3, 0.4) is 0 Å². The lowest BCUT2D eigenvalue weighted by Crippen LogP contribution is -2.54. The summed E-state index contributed by atoms with van der Waals surface area (Å²) in [5, 5.41) is 21.8. The minimum absolute atomic E-state index is 0.0704. The minimum atomic E-state index is -1.26. The van der Waals surface area contributed by atoms with Gasteiger partial charge in [-0.05, 0) is 38.2 Å². The molecule has 2 N–H and O–H groups in total. The number of esters is 2. The van der Waals surface area contributed by atoms with E-state index >= 15 is 0 Å². The monoisotopic (exact) mass is 436 g/mol. The Bertz CT molecular complexity index is 796. The quantitative estimate of drug-likeness (QED) is 0.466. The third-order valence-corrected chi connectivity index (χ3v) is 7.31. The molecule has 0 radical (unpaired) electrons. The first kappa shape index (κ1) is 25.3. The second-order valence-electron chi connectivity index (χ2n) is 9.73. The topological polar surface area (TPSA) is 110 Å². The molecule has 0 heterocycles. The molecule has 2 aliphatic carbocycles. The van der Waals surface area contributed by atoms with Crippen molar-refractivity contribution in [3.63, 3.8) is 0 Å². The molecular weight excluding hydrogens is 400 g/mol. The summed E-state index contributed by atoms with van der Waals surface area (Å²) in [5.74, 6) is -1.15. The summed E-state index contributed by atoms with van der Waals surface area (Å²) in [5.41, 5.74) is -1.71. The lowest BCUT2D eigenvalue weighted by atomic mass is 9.53. The first-order chi connectivity index (χ1) is 14.2. The van der Waals surface area contributed by atoms with Crippen molar-refractivity contribution >= 4 is 17.7 Å². The van der Waals surface area contributed by atoms with E-state index in [-0.39, 0.29) is 31.1 Å². The van der Waals surface area contributed by atoms with Gasteiger partial charge in [-0.25, -0.2) is 0 Å². The minimum Gasteiger partial charge on any atom is -0.464 e. The molecule has 7 nitrogen and oxygen atoms in total. The highest BCUT2D eigenvalue weighted by Crippen LogP contribution is 2.57. The second-order valence-corrected chi connectivity index (χ2v) is 9.73. The number of hydrogen-bond acceptors (Lipinski definition) is 7. The fraction of sp³-hybridized carbons (Fsp3) is 0.708. The molecule has 2 aliphatic rings. The number of aliphatic hydroxyl groups is 2. The summed E-state index contributed by atoms with van der Waals surface area (Å²) in [6, 6.07) is 0. The first-order valence-corrected chi connectivity index (χ1v) is 10.8. The van der Waals surface area contributed by atoms with Crippen LogP contribution in [0.5, 0.6) is 0 Å². The Morgan fingerprint density at radius 1 is 1.29 bits per heavy atom. The smallest absolute Gasteiger partial charge is 0.303 e. The zero-order valence-corrected chi connectivity index (χ0v) is 19.5. The van der Waals surface area contributed by atoms with Crippen LogP contribution in [-0.2, 0) is 23.9 Å². The molecule has 0 aliphatic heterocycles. The summed E-state index contributed by atoms with van der Waals surface area (Å²) in [7, 11) is 0. The van der Waals surface area contributed by atoms with E-state index < -0.39 is 40.6 Å². The standard InChI is InChI=1S/C24H36O7/c1-8-22(5,29)12-20(28)24(7)14(2)11-18(31-16(4)26)21-17(24)9-10-19(27)23(21,6)13-30-15(3)25/h8,14,18,20,28-29H,1,9-13H2,2-7H3/t14-,18+,20?,22?,23-,24-/m0/s1. The number of hydrogen-bond donors (Lipinski definition) is 2. The van der Waals surface area contributed by atoms with E-state index in [1.54, 1.807) is 13.8 Å². The van der Waals surface area contributed by atoms with Crippen LogP contribution in [0.25, 0.3) is 0 Å². The SMILES string of the molecule is C=CC(C)(O)CC(O)[C@]1(C)C2=C([C@H](OC(C)=O)C[C@@H]1C)[C@@](C)(COC(C)=O)C(=O)CC2. The van der Waals surface area contributed by atoms with Crippen molar-refractivity contribution in [2.75, 3.05) is 6.61 Å². The highest BCUT2D eigenvalue weighted by atomic mass is 16.5. The maximum Gasteiger partial charge on any atom is 0.303 e. The van der Waals surface area contributed by atoms with Crippen LogP contribution in [0.1, 0.15) is 67.2 Å². The molecule has 7 heteroatoms. The van der Waals surface area contributed by atoms with Crippen LogP contribution >= 0.6 is 0 Å². The van der Waals surface area contributed by atoms with Gasteiger partial charge >= 0.3 is 11.9 Å². The van der Waals surface area contributed by atoms with Gasteiger partial charge in [-0.3, -0.25) is 14.4 Å². The zero-order chi connectivity index (χ0) is 23.8. The van der Waals surface area contributed by atoms with E-state index in [4.69, 9.17) is 9.47 Å². The largest absolute Gasteiger partial charge is 0.464 e. The third kappa shape index (κ3) is 4.77. The Labute approximate surface area is 184 Å². The summed E-state index contributed by atoms with van der Waals surface area (Å²) in [6.07, 6.45) is 0.953. The van der Waals surface area contributed by atoms with Gasteiger partial charge < -0.3 is 19.7 Å². The molecule has 0 aromatic rings. The van der Waals surface area contributed by atoms with Crippen molar-refractivity contribution in [1.29, 1.82) is 0 Å². The fourth-order valence-electron chi connectivity index (χ4n) is 5.15. The van der Waals surface area contributed by atoms with Gasteiger partial charge in [0.05, 0.1) is 17.1 Å². The number of aliphatic hydroxyl groups excluding tert-OH is 1. The van der Waals surface area contributed by atoms with Crippen molar-refractivity contribution in [3.8, 4) is 0 Å². The number of ketones is 1. The van der Waals surface area contributed by atoms with E-state index in [9.17, 15) is 24.6 Å².